The number of alkyl halides is 1. The number of esters is 1. The van der Waals surface area contributed by atoms with Gasteiger partial charge in [-0.25, -0.2) is 4.79 Å². The fraction of sp³-hybridized carbons (Fsp3) is 0.636. The largest absolute Gasteiger partial charge is 0.464 e. The Labute approximate surface area is 94.4 Å². The first-order valence-corrected chi connectivity index (χ1v) is 5.43. The smallest absolute Gasteiger partial charge is 0.335 e. The molecule has 0 aromatic heterocycles. The molecule has 0 fully saturated rings. The number of allylic oxidation sites excluding steroid dienone is 2. The summed E-state index contributed by atoms with van der Waals surface area (Å²) < 4.78 is 4.84. The molecule has 3 nitrogen and oxygen atoms in total. The summed E-state index contributed by atoms with van der Waals surface area (Å²) in [6.45, 7) is 3.81. The van der Waals surface area contributed by atoms with E-state index in [0.717, 1.165) is 5.57 Å². The van der Waals surface area contributed by atoms with E-state index < -0.39 is 10.8 Å². The van der Waals surface area contributed by atoms with Crippen LogP contribution in [-0.2, 0) is 14.3 Å². The summed E-state index contributed by atoms with van der Waals surface area (Å²) in [5.74, 6) is -0.859. The lowest BCUT2D eigenvalue weighted by molar-refractivity contribution is -0.149. The van der Waals surface area contributed by atoms with Gasteiger partial charge in [0, 0.05) is 12.8 Å². The molecule has 1 aliphatic carbocycles. The molecular formula is C11H15ClO3. The van der Waals surface area contributed by atoms with Crippen molar-refractivity contribution in [2.24, 2.45) is 0 Å². The van der Waals surface area contributed by atoms with Crippen molar-refractivity contribution in [2.45, 2.75) is 38.0 Å². The standard InChI is InChI=1S/C11H15ClO3/c1-3-15-10(14)11(12)7-8(2)5-4-6-9(11)13/h5H,3-4,6-7H2,1-2H3. The molecule has 0 saturated heterocycles. The van der Waals surface area contributed by atoms with Gasteiger partial charge in [0.15, 0.2) is 5.78 Å². The third-order valence-electron chi connectivity index (χ3n) is 2.43. The lowest BCUT2D eigenvalue weighted by atomic mass is 9.95. The van der Waals surface area contributed by atoms with Crippen LogP contribution < -0.4 is 0 Å². The minimum Gasteiger partial charge on any atom is -0.464 e. The third kappa shape index (κ3) is 2.59. The molecule has 1 atom stereocenters. The topological polar surface area (TPSA) is 43.4 Å². The van der Waals surface area contributed by atoms with Crippen LogP contribution in [0.25, 0.3) is 0 Å². The highest BCUT2D eigenvalue weighted by Crippen LogP contribution is 2.31. The van der Waals surface area contributed by atoms with Crippen LogP contribution in [0.4, 0.5) is 0 Å². The monoisotopic (exact) mass is 230 g/mol. The van der Waals surface area contributed by atoms with Gasteiger partial charge in [0.2, 0.25) is 4.87 Å². The summed E-state index contributed by atoms with van der Waals surface area (Å²) in [6.07, 6.45) is 3.16. The molecule has 1 aliphatic rings. The van der Waals surface area contributed by atoms with Gasteiger partial charge in [-0.05, 0) is 20.3 Å². The lowest BCUT2D eigenvalue weighted by Gasteiger charge is -2.21. The maximum Gasteiger partial charge on any atom is 0.335 e. The van der Waals surface area contributed by atoms with Gasteiger partial charge in [-0.15, -0.1) is 0 Å². The first-order chi connectivity index (χ1) is 7.00. The number of carbonyl (C=O) groups is 2. The van der Waals surface area contributed by atoms with Gasteiger partial charge in [-0.3, -0.25) is 4.79 Å². The van der Waals surface area contributed by atoms with Gasteiger partial charge in [0.05, 0.1) is 6.61 Å². The molecule has 0 heterocycles. The van der Waals surface area contributed by atoms with Crippen LogP contribution in [-0.4, -0.2) is 23.2 Å². The summed E-state index contributed by atoms with van der Waals surface area (Å²) in [5, 5.41) is 0. The number of ether oxygens (including phenoxy) is 1. The number of carbonyl (C=O) groups excluding carboxylic acids is 2. The van der Waals surface area contributed by atoms with E-state index in [1.165, 1.54) is 0 Å². The fourth-order valence-corrected chi connectivity index (χ4v) is 1.99. The molecule has 0 radical (unpaired) electrons. The third-order valence-corrected chi connectivity index (χ3v) is 2.93. The highest BCUT2D eigenvalue weighted by molar-refractivity contribution is 6.46. The van der Waals surface area contributed by atoms with Gasteiger partial charge in [0.25, 0.3) is 0 Å². The molecule has 0 N–H and O–H groups in total. The Bertz CT molecular complexity index is 309. The van der Waals surface area contributed by atoms with Gasteiger partial charge in [-0.1, -0.05) is 23.3 Å². The second-order valence-electron chi connectivity index (χ2n) is 3.71. The number of ketones is 1. The summed E-state index contributed by atoms with van der Waals surface area (Å²) in [5.41, 5.74) is 0.962. The molecule has 1 rings (SSSR count). The van der Waals surface area contributed by atoms with Crippen molar-refractivity contribution >= 4 is 23.4 Å². The number of hydrogen-bond donors (Lipinski definition) is 0. The van der Waals surface area contributed by atoms with Gasteiger partial charge < -0.3 is 4.74 Å². The summed E-state index contributed by atoms with van der Waals surface area (Å²) in [7, 11) is 0. The molecule has 0 aromatic carbocycles. The SMILES string of the molecule is CCOC(=O)C1(Cl)CC(C)=CCCC1=O. The number of hydrogen-bond acceptors (Lipinski definition) is 3. The van der Waals surface area contributed by atoms with Crippen molar-refractivity contribution in [3.05, 3.63) is 11.6 Å². The Balaban J connectivity index is 2.91. The Morgan fingerprint density at radius 2 is 2.33 bits per heavy atom. The maximum atomic E-state index is 11.7. The first-order valence-electron chi connectivity index (χ1n) is 5.05. The molecule has 0 bridgehead atoms. The van der Waals surface area contributed by atoms with Crippen molar-refractivity contribution in [1.82, 2.24) is 0 Å². The predicted octanol–water partition coefficient (Wildman–Crippen LogP) is 2.23. The minimum absolute atomic E-state index is 0.239. The molecule has 15 heavy (non-hydrogen) atoms. The Morgan fingerprint density at radius 1 is 1.67 bits per heavy atom. The van der Waals surface area contributed by atoms with E-state index in [-0.39, 0.29) is 18.8 Å². The zero-order valence-electron chi connectivity index (χ0n) is 9.01. The van der Waals surface area contributed by atoms with Gasteiger partial charge >= 0.3 is 5.97 Å². The second kappa shape index (κ2) is 4.79. The second-order valence-corrected chi connectivity index (χ2v) is 4.36. The van der Waals surface area contributed by atoms with E-state index in [0.29, 0.717) is 12.8 Å². The molecule has 0 amide bonds. The van der Waals surface area contributed by atoms with E-state index in [9.17, 15) is 9.59 Å². The molecular weight excluding hydrogens is 216 g/mol. The van der Waals surface area contributed by atoms with Crippen molar-refractivity contribution in [3.63, 3.8) is 0 Å². The Kier molecular flexibility index (Phi) is 3.91. The van der Waals surface area contributed by atoms with Crippen molar-refractivity contribution in [2.75, 3.05) is 6.61 Å². The van der Waals surface area contributed by atoms with E-state index in [4.69, 9.17) is 16.3 Å². The summed E-state index contributed by atoms with van der Waals surface area (Å²) in [6, 6.07) is 0. The molecule has 4 heteroatoms. The molecule has 1 unspecified atom stereocenters. The quantitative estimate of drug-likeness (QED) is 0.316. The number of rotatable bonds is 2. The molecule has 0 aliphatic heterocycles. The van der Waals surface area contributed by atoms with Crippen LogP contribution in [0.5, 0.6) is 0 Å². The normalized spacial score (nSPS) is 26.9. The summed E-state index contributed by atoms with van der Waals surface area (Å²) in [4.78, 5) is 21.9. The zero-order chi connectivity index (χ0) is 11.5. The van der Waals surface area contributed by atoms with E-state index >= 15 is 0 Å². The fourth-order valence-electron chi connectivity index (χ4n) is 1.63. The van der Waals surface area contributed by atoms with Crippen LogP contribution in [0.1, 0.15) is 33.1 Å². The maximum absolute atomic E-state index is 11.7. The Morgan fingerprint density at radius 3 is 2.93 bits per heavy atom. The Hall–Kier alpha value is -0.830. The first kappa shape index (κ1) is 12.2. The zero-order valence-corrected chi connectivity index (χ0v) is 9.76. The molecule has 0 spiro atoms. The average molecular weight is 231 g/mol. The van der Waals surface area contributed by atoms with Crippen LogP contribution in [0.15, 0.2) is 11.6 Å². The van der Waals surface area contributed by atoms with Crippen LogP contribution in [0, 0.1) is 0 Å². The summed E-state index contributed by atoms with van der Waals surface area (Å²) >= 11 is 6.09. The number of halogens is 1. The van der Waals surface area contributed by atoms with Crippen LogP contribution >= 0.6 is 11.6 Å². The highest BCUT2D eigenvalue weighted by atomic mass is 35.5. The van der Waals surface area contributed by atoms with Crippen LogP contribution in [0.2, 0.25) is 0 Å². The average Bonchev–Trinajstić information content (AvgIpc) is 2.28. The molecule has 0 saturated carbocycles. The van der Waals surface area contributed by atoms with Crippen LogP contribution in [0.3, 0.4) is 0 Å². The highest BCUT2D eigenvalue weighted by Gasteiger charge is 2.45. The van der Waals surface area contributed by atoms with E-state index in [2.05, 4.69) is 0 Å². The minimum atomic E-state index is -1.49. The molecule has 0 aromatic rings. The van der Waals surface area contributed by atoms with Gasteiger partial charge in [0.1, 0.15) is 0 Å². The van der Waals surface area contributed by atoms with Gasteiger partial charge in [-0.2, -0.15) is 0 Å². The van der Waals surface area contributed by atoms with Crippen molar-refractivity contribution in [1.29, 1.82) is 0 Å². The van der Waals surface area contributed by atoms with E-state index in [1.54, 1.807) is 6.92 Å². The predicted molar refractivity (Wildman–Crippen MR) is 57.8 cm³/mol. The van der Waals surface area contributed by atoms with Crippen molar-refractivity contribution < 1.29 is 14.3 Å². The lowest BCUT2D eigenvalue weighted by Crippen LogP contribution is -2.42. The van der Waals surface area contributed by atoms with Crippen molar-refractivity contribution in [3.8, 4) is 0 Å². The van der Waals surface area contributed by atoms with E-state index in [1.807, 2.05) is 13.0 Å². The number of Topliss-reactive ketones (excluding diaryl/α,β-unsaturated/α-hetero) is 1. The molecule has 84 valence electrons.